The summed E-state index contributed by atoms with van der Waals surface area (Å²) in [6.07, 6.45) is -0.156. The van der Waals surface area contributed by atoms with Gasteiger partial charge < -0.3 is 15.8 Å². The van der Waals surface area contributed by atoms with Crippen LogP contribution in [0.5, 0.6) is 5.75 Å². The second-order valence-corrected chi connectivity index (χ2v) is 5.60. The summed E-state index contributed by atoms with van der Waals surface area (Å²) < 4.78 is 40.7. The summed E-state index contributed by atoms with van der Waals surface area (Å²) in [7, 11) is 0. The number of nitrogens with two attached hydrogens (primary N) is 1. The Morgan fingerprint density at radius 1 is 1.18 bits per heavy atom. The van der Waals surface area contributed by atoms with E-state index in [4.69, 9.17) is 5.73 Å². The first kappa shape index (κ1) is 16.6. The van der Waals surface area contributed by atoms with Crippen molar-refractivity contribution >= 4 is 11.6 Å². The molecule has 3 N–H and O–H groups in total. The molecule has 0 saturated heterocycles. The zero-order valence-electron chi connectivity index (χ0n) is 12.1. The van der Waals surface area contributed by atoms with Crippen LogP contribution in [0, 0.1) is 0 Å². The maximum Gasteiger partial charge on any atom is 0.422 e. The van der Waals surface area contributed by atoms with Crippen molar-refractivity contribution in [1.82, 2.24) is 0 Å². The van der Waals surface area contributed by atoms with Crippen LogP contribution in [0.4, 0.5) is 18.9 Å². The van der Waals surface area contributed by atoms with Crippen molar-refractivity contribution in [2.75, 3.05) is 11.9 Å². The number of hydrogen-bond donors (Lipinski definition) is 2. The Morgan fingerprint density at radius 2 is 1.77 bits per heavy atom. The van der Waals surface area contributed by atoms with Gasteiger partial charge in [0, 0.05) is 5.69 Å². The molecule has 2 rings (SSSR count). The molecule has 1 aromatic carbocycles. The number of carbonyl (C=O) groups is 1. The van der Waals surface area contributed by atoms with Crippen LogP contribution < -0.4 is 15.8 Å². The van der Waals surface area contributed by atoms with E-state index in [1.54, 1.807) is 0 Å². The quantitative estimate of drug-likeness (QED) is 0.896. The Morgan fingerprint density at radius 3 is 2.32 bits per heavy atom. The number of carbonyl (C=O) groups excluding carboxylic acids is 1. The molecule has 122 valence electrons. The van der Waals surface area contributed by atoms with Gasteiger partial charge >= 0.3 is 6.18 Å². The predicted octanol–water partition coefficient (Wildman–Crippen LogP) is 3.23. The molecule has 1 aliphatic carbocycles. The van der Waals surface area contributed by atoms with Crippen LogP contribution in [-0.2, 0) is 4.79 Å². The van der Waals surface area contributed by atoms with Gasteiger partial charge in [0.1, 0.15) is 5.75 Å². The maximum atomic E-state index is 12.2. The van der Waals surface area contributed by atoms with Crippen LogP contribution in [0.15, 0.2) is 24.3 Å². The van der Waals surface area contributed by atoms with Gasteiger partial charge in [-0.1, -0.05) is 19.3 Å². The molecule has 4 nitrogen and oxygen atoms in total. The molecular formula is C15H19F3N2O2. The third kappa shape index (κ3) is 4.62. The molecule has 0 aliphatic heterocycles. The molecule has 0 bridgehead atoms. The molecule has 0 aromatic heterocycles. The Kier molecular flexibility index (Phi) is 4.95. The molecule has 0 spiro atoms. The fourth-order valence-electron chi connectivity index (χ4n) is 2.46. The molecule has 1 aliphatic rings. The minimum absolute atomic E-state index is 0.0930. The minimum Gasteiger partial charge on any atom is -0.484 e. The molecule has 0 unspecified atom stereocenters. The third-order valence-corrected chi connectivity index (χ3v) is 3.71. The molecule has 1 fully saturated rings. The van der Waals surface area contributed by atoms with E-state index in [9.17, 15) is 18.0 Å². The molecule has 22 heavy (non-hydrogen) atoms. The largest absolute Gasteiger partial charge is 0.484 e. The average Bonchev–Trinajstić information content (AvgIpc) is 2.46. The van der Waals surface area contributed by atoms with Crippen molar-refractivity contribution in [3.8, 4) is 5.75 Å². The second kappa shape index (κ2) is 6.56. The van der Waals surface area contributed by atoms with Crippen molar-refractivity contribution in [2.24, 2.45) is 5.73 Å². The smallest absolute Gasteiger partial charge is 0.422 e. The highest BCUT2D eigenvalue weighted by Gasteiger charge is 2.35. The van der Waals surface area contributed by atoms with Crippen molar-refractivity contribution in [1.29, 1.82) is 0 Å². The number of anilines is 1. The highest BCUT2D eigenvalue weighted by molar-refractivity contribution is 5.98. The predicted molar refractivity (Wildman–Crippen MR) is 76.6 cm³/mol. The van der Waals surface area contributed by atoms with E-state index < -0.39 is 18.3 Å². The summed E-state index contributed by atoms with van der Waals surface area (Å²) in [4.78, 5) is 12.2. The number of benzene rings is 1. The van der Waals surface area contributed by atoms with Crippen LogP contribution in [0.3, 0.4) is 0 Å². The van der Waals surface area contributed by atoms with Crippen molar-refractivity contribution < 1.29 is 22.7 Å². The Labute approximate surface area is 126 Å². The van der Waals surface area contributed by atoms with Gasteiger partial charge in [-0.15, -0.1) is 0 Å². The van der Waals surface area contributed by atoms with E-state index >= 15 is 0 Å². The fraction of sp³-hybridized carbons (Fsp3) is 0.533. The van der Waals surface area contributed by atoms with E-state index in [2.05, 4.69) is 10.1 Å². The molecular weight excluding hydrogens is 297 g/mol. The van der Waals surface area contributed by atoms with Gasteiger partial charge in [0.25, 0.3) is 0 Å². The van der Waals surface area contributed by atoms with Gasteiger partial charge in [0.05, 0.1) is 5.54 Å². The molecule has 7 heteroatoms. The van der Waals surface area contributed by atoms with E-state index in [0.29, 0.717) is 18.5 Å². The number of rotatable bonds is 4. The lowest BCUT2D eigenvalue weighted by atomic mass is 9.82. The van der Waals surface area contributed by atoms with Crippen molar-refractivity contribution in [3.63, 3.8) is 0 Å². The van der Waals surface area contributed by atoms with Crippen LogP contribution in [0.2, 0.25) is 0 Å². The van der Waals surface area contributed by atoms with Gasteiger partial charge in [0.2, 0.25) is 5.91 Å². The lowest BCUT2D eigenvalue weighted by molar-refractivity contribution is -0.153. The number of alkyl halides is 3. The second-order valence-electron chi connectivity index (χ2n) is 5.60. The first-order chi connectivity index (χ1) is 10.3. The Hall–Kier alpha value is -1.76. The normalized spacial score (nSPS) is 17.8. The van der Waals surface area contributed by atoms with Gasteiger partial charge in [-0.2, -0.15) is 13.2 Å². The standard InChI is InChI=1S/C15H19F3N2O2/c16-15(17,18)10-22-12-6-4-11(5-7-12)20-13(21)14(19)8-2-1-3-9-14/h4-7H,1-3,8-10,19H2,(H,20,21). The summed E-state index contributed by atoms with van der Waals surface area (Å²) in [6.45, 7) is -1.34. The SMILES string of the molecule is NC1(C(=O)Nc2ccc(OCC(F)(F)F)cc2)CCCCC1. The van der Waals surface area contributed by atoms with Gasteiger partial charge in [0.15, 0.2) is 6.61 Å². The third-order valence-electron chi connectivity index (χ3n) is 3.71. The molecule has 1 aromatic rings. The van der Waals surface area contributed by atoms with Crippen molar-refractivity contribution in [2.45, 2.75) is 43.8 Å². The molecule has 0 atom stereocenters. The number of ether oxygens (including phenoxy) is 1. The van der Waals surface area contributed by atoms with Crippen LogP contribution in [0.1, 0.15) is 32.1 Å². The molecule has 0 heterocycles. The van der Waals surface area contributed by atoms with E-state index in [1.165, 1.54) is 24.3 Å². The van der Waals surface area contributed by atoms with Gasteiger partial charge in [-0.25, -0.2) is 0 Å². The molecule has 1 amide bonds. The van der Waals surface area contributed by atoms with E-state index in [-0.39, 0.29) is 11.7 Å². The Bertz CT molecular complexity index is 509. The van der Waals surface area contributed by atoms with Gasteiger partial charge in [-0.05, 0) is 37.1 Å². The van der Waals surface area contributed by atoms with Crippen LogP contribution in [0.25, 0.3) is 0 Å². The highest BCUT2D eigenvalue weighted by atomic mass is 19.4. The van der Waals surface area contributed by atoms with E-state index in [1.807, 2.05) is 0 Å². The lowest BCUT2D eigenvalue weighted by Crippen LogP contribution is -2.52. The lowest BCUT2D eigenvalue weighted by Gasteiger charge is -2.31. The number of nitrogens with one attached hydrogen (secondary N) is 1. The summed E-state index contributed by atoms with van der Waals surface area (Å²) in [6, 6.07) is 5.75. The first-order valence-corrected chi connectivity index (χ1v) is 7.18. The zero-order chi connectivity index (χ0) is 16.2. The first-order valence-electron chi connectivity index (χ1n) is 7.18. The number of amides is 1. The number of halogens is 3. The Balaban J connectivity index is 1.92. The fourth-order valence-corrected chi connectivity index (χ4v) is 2.46. The summed E-state index contributed by atoms with van der Waals surface area (Å²) in [5.41, 5.74) is 5.74. The maximum absolute atomic E-state index is 12.2. The highest BCUT2D eigenvalue weighted by Crippen LogP contribution is 2.27. The summed E-state index contributed by atoms with van der Waals surface area (Å²) in [5.74, 6) is -0.161. The summed E-state index contributed by atoms with van der Waals surface area (Å²) >= 11 is 0. The minimum atomic E-state index is -4.38. The zero-order valence-corrected chi connectivity index (χ0v) is 12.1. The topological polar surface area (TPSA) is 64.4 Å². The van der Waals surface area contributed by atoms with Gasteiger partial charge in [-0.3, -0.25) is 4.79 Å². The number of hydrogen-bond acceptors (Lipinski definition) is 3. The average molecular weight is 316 g/mol. The van der Waals surface area contributed by atoms with Crippen molar-refractivity contribution in [3.05, 3.63) is 24.3 Å². The van der Waals surface area contributed by atoms with Crippen LogP contribution in [-0.4, -0.2) is 24.2 Å². The molecule has 0 radical (unpaired) electrons. The summed E-state index contributed by atoms with van der Waals surface area (Å²) in [5, 5.41) is 2.71. The monoisotopic (exact) mass is 316 g/mol. The van der Waals surface area contributed by atoms with E-state index in [0.717, 1.165) is 19.3 Å². The molecule has 1 saturated carbocycles. The van der Waals surface area contributed by atoms with Crippen LogP contribution >= 0.6 is 0 Å².